The monoisotopic (exact) mass is 426 g/mol. The molecule has 158 valence electrons. The third kappa shape index (κ3) is 2.92. The van der Waals surface area contributed by atoms with Crippen molar-refractivity contribution in [1.29, 1.82) is 0 Å². The Hall–Kier alpha value is -2.48. The van der Waals surface area contributed by atoms with Gasteiger partial charge in [-0.25, -0.2) is 18.4 Å². The van der Waals surface area contributed by atoms with E-state index in [1.165, 1.54) is 16.1 Å². The van der Waals surface area contributed by atoms with E-state index in [0.29, 0.717) is 24.2 Å². The van der Waals surface area contributed by atoms with Crippen molar-refractivity contribution >= 4 is 21.6 Å². The summed E-state index contributed by atoms with van der Waals surface area (Å²) >= 11 is 0. The molecule has 0 saturated carbocycles. The Kier molecular flexibility index (Phi) is 4.39. The number of hydrogen-bond acceptors (Lipinski definition) is 5. The SMILES string of the molecule is C[C@@]12CCCN(C(=O)c3ccc4c(c3)CCN4S(C)(=O)=O)[C@@H]1CCc1cncnc12. The van der Waals surface area contributed by atoms with E-state index in [0.717, 1.165) is 43.5 Å². The van der Waals surface area contributed by atoms with Gasteiger partial charge in [0.2, 0.25) is 10.0 Å². The normalized spacial score (nSPS) is 25.5. The highest BCUT2D eigenvalue weighted by Crippen LogP contribution is 2.45. The van der Waals surface area contributed by atoms with E-state index in [2.05, 4.69) is 16.9 Å². The summed E-state index contributed by atoms with van der Waals surface area (Å²) in [6.07, 6.45) is 9.13. The molecule has 3 heterocycles. The third-order valence-corrected chi connectivity index (χ3v) is 8.24. The second-order valence-corrected chi connectivity index (χ2v) is 10.8. The van der Waals surface area contributed by atoms with Crippen LogP contribution in [0, 0.1) is 0 Å². The van der Waals surface area contributed by atoms with E-state index in [-0.39, 0.29) is 17.4 Å². The number of hydrogen-bond donors (Lipinski definition) is 0. The predicted octanol–water partition coefficient (Wildman–Crippen LogP) is 2.31. The van der Waals surface area contributed by atoms with Gasteiger partial charge in [0.05, 0.1) is 17.6 Å². The average molecular weight is 427 g/mol. The zero-order valence-corrected chi connectivity index (χ0v) is 18.2. The van der Waals surface area contributed by atoms with Gasteiger partial charge in [0.25, 0.3) is 5.91 Å². The number of piperidine rings is 1. The second-order valence-electron chi connectivity index (χ2n) is 8.90. The second kappa shape index (κ2) is 6.77. The molecule has 3 aliphatic rings. The summed E-state index contributed by atoms with van der Waals surface area (Å²) < 4.78 is 25.4. The number of sulfonamides is 1. The van der Waals surface area contributed by atoms with E-state index in [4.69, 9.17) is 0 Å². The molecule has 1 saturated heterocycles. The van der Waals surface area contributed by atoms with Gasteiger partial charge in [-0.05, 0) is 61.4 Å². The van der Waals surface area contributed by atoms with Crippen LogP contribution in [0.1, 0.15) is 53.4 Å². The highest BCUT2D eigenvalue weighted by molar-refractivity contribution is 7.92. The first-order valence-corrected chi connectivity index (χ1v) is 12.3. The Balaban J connectivity index is 1.46. The molecular formula is C22H26N4O3S. The number of rotatable bonds is 2. The number of carbonyl (C=O) groups excluding carboxylic acids is 1. The van der Waals surface area contributed by atoms with Crippen LogP contribution < -0.4 is 4.31 Å². The largest absolute Gasteiger partial charge is 0.335 e. The van der Waals surface area contributed by atoms with Crippen LogP contribution in [0.15, 0.2) is 30.7 Å². The van der Waals surface area contributed by atoms with Crippen molar-refractivity contribution in [1.82, 2.24) is 14.9 Å². The van der Waals surface area contributed by atoms with Gasteiger partial charge < -0.3 is 4.90 Å². The van der Waals surface area contributed by atoms with Gasteiger partial charge in [-0.1, -0.05) is 6.92 Å². The maximum atomic E-state index is 13.5. The lowest BCUT2D eigenvalue weighted by molar-refractivity contribution is 0.0379. The summed E-state index contributed by atoms with van der Waals surface area (Å²) in [5.74, 6) is 0.0315. The van der Waals surface area contributed by atoms with Crippen LogP contribution in [-0.4, -0.2) is 54.6 Å². The van der Waals surface area contributed by atoms with Gasteiger partial charge in [-0.2, -0.15) is 0 Å². The molecule has 0 radical (unpaired) electrons. The van der Waals surface area contributed by atoms with Crippen molar-refractivity contribution in [3.8, 4) is 0 Å². The van der Waals surface area contributed by atoms with Gasteiger partial charge in [-0.3, -0.25) is 9.10 Å². The summed E-state index contributed by atoms with van der Waals surface area (Å²) in [7, 11) is -3.30. The van der Waals surface area contributed by atoms with E-state index in [9.17, 15) is 13.2 Å². The minimum absolute atomic E-state index is 0.0315. The van der Waals surface area contributed by atoms with Crippen molar-refractivity contribution in [2.24, 2.45) is 0 Å². The molecule has 1 aromatic heterocycles. The minimum Gasteiger partial charge on any atom is -0.335 e. The van der Waals surface area contributed by atoms with Crippen LogP contribution in [0.4, 0.5) is 5.69 Å². The topological polar surface area (TPSA) is 83.5 Å². The molecule has 1 aromatic carbocycles. The summed E-state index contributed by atoms with van der Waals surface area (Å²) in [4.78, 5) is 24.4. The fraction of sp³-hybridized carbons (Fsp3) is 0.500. The quantitative estimate of drug-likeness (QED) is 0.736. The Labute approximate surface area is 177 Å². The number of amides is 1. The van der Waals surface area contributed by atoms with Gasteiger partial charge in [0, 0.05) is 36.3 Å². The molecule has 5 rings (SSSR count). The number of carbonyl (C=O) groups is 1. The summed E-state index contributed by atoms with van der Waals surface area (Å²) in [5, 5.41) is 0. The van der Waals surface area contributed by atoms with E-state index in [1.807, 2.05) is 17.2 Å². The fourth-order valence-electron chi connectivity index (χ4n) is 5.64. The van der Waals surface area contributed by atoms with Gasteiger partial charge in [0.15, 0.2) is 0 Å². The highest BCUT2D eigenvalue weighted by atomic mass is 32.2. The average Bonchev–Trinajstić information content (AvgIpc) is 3.16. The molecule has 2 aliphatic heterocycles. The van der Waals surface area contributed by atoms with Crippen LogP contribution >= 0.6 is 0 Å². The first-order valence-electron chi connectivity index (χ1n) is 10.5. The number of likely N-dealkylation sites (tertiary alicyclic amines) is 1. The molecule has 0 N–H and O–H groups in total. The molecule has 0 unspecified atom stereocenters. The van der Waals surface area contributed by atoms with E-state index < -0.39 is 10.0 Å². The molecule has 2 atom stereocenters. The molecule has 1 amide bonds. The van der Waals surface area contributed by atoms with E-state index in [1.54, 1.807) is 18.5 Å². The molecule has 0 bridgehead atoms. The molecule has 30 heavy (non-hydrogen) atoms. The minimum atomic E-state index is -3.30. The van der Waals surface area contributed by atoms with Crippen LogP contribution in [0.25, 0.3) is 0 Å². The zero-order chi connectivity index (χ0) is 21.1. The van der Waals surface area contributed by atoms with Crippen LogP contribution in [0.3, 0.4) is 0 Å². The third-order valence-electron chi connectivity index (χ3n) is 7.06. The molecule has 1 fully saturated rings. The lowest BCUT2D eigenvalue weighted by Crippen LogP contribution is -2.57. The van der Waals surface area contributed by atoms with Crippen molar-refractivity contribution in [3.63, 3.8) is 0 Å². The Morgan fingerprint density at radius 3 is 2.83 bits per heavy atom. The number of fused-ring (bicyclic) bond motifs is 4. The van der Waals surface area contributed by atoms with Crippen LogP contribution in [0.5, 0.6) is 0 Å². The van der Waals surface area contributed by atoms with Gasteiger partial charge in [-0.15, -0.1) is 0 Å². The van der Waals surface area contributed by atoms with Gasteiger partial charge >= 0.3 is 0 Å². The summed E-state index contributed by atoms with van der Waals surface area (Å²) in [6.45, 7) is 3.41. The smallest absolute Gasteiger partial charge is 0.254 e. The van der Waals surface area contributed by atoms with Crippen LogP contribution in [-0.2, 0) is 28.3 Å². The fourth-order valence-corrected chi connectivity index (χ4v) is 6.60. The number of anilines is 1. The summed E-state index contributed by atoms with van der Waals surface area (Å²) in [6, 6.07) is 5.55. The Bertz CT molecular complexity index is 1130. The van der Waals surface area contributed by atoms with Crippen molar-refractivity contribution < 1.29 is 13.2 Å². The van der Waals surface area contributed by atoms with E-state index >= 15 is 0 Å². The van der Waals surface area contributed by atoms with Crippen molar-refractivity contribution in [2.45, 2.75) is 50.5 Å². The maximum Gasteiger partial charge on any atom is 0.254 e. The molecular weight excluding hydrogens is 400 g/mol. The molecule has 7 nitrogen and oxygen atoms in total. The van der Waals surface area contributed by atoms with Crippen LogP contribution in [0.2, 0.25) is 0 Å². The Morgan fingerprint density at radius 2 is 2.03 bits per heavy atom. The maximum absolute atomic E-state index is 13.5. The number of nitrogens with zero attached hydrogens (tertiary/aromatic N) is 4. The van der Waals surface area contributed by atoms with Gasteiger partial charge in [0.1, 0.15) is 6.33 Å². The first kappa shape index (κ1) is 19.5. The predicted molar refractivity (Wildman–Crippen MR) is 114 cm³/mol. The molecule has 0 spiro atoms. The van der Waals surface area contributed by atoms with Crippen molar-refractivity contribution in [2.75, 3.05) is 23.7 Å². The standard InChI is InChI=1S/C22H26N4O3S/c1-22-9-3-10-25(19(22)7-5-17-13-23-14-24-20(17)22)21(27)16-4-6-18-15(12-16)8-11-26(18)30(2,28)29/h4,6,12-14,19H,3,5,7-11H2,1-2H3/t19-,22-/m1/s1. The highest BCUT2D eigenvalue weighted by Gasteiger charge is 2.48. The number of aromatic nitrogens is 2. The number of aryl methyl sites for hydroxylation is 1. The lowest BCUT2D eigenvalue weighted by Gasteiger charge is -2.51. The number of benzene rings is 1. The molecule has 2 aromatic rings. The van der Waals surface area contributed by atoms with Crippen molar-refractivity contribution in [3.05, 3.63) is 53.1 Å². The molecule has 1 aliphatic carbocycles. The summed E-state index contributed by atoms with van der Waals surface area (Å²) in [5.41, 5.74) is 4.39. The first-order chi connectivity index (χ1) is 14.3. The molecule has 8 heteroatoms. The Morgan fingerprint density at radius 1 is 1.20 bits per heavy atom. The lowest BCUT2D eigenvalue weighted by atomic mass is 9.65. The zero-order valence-electron chi connectivity index (χ0n) is 17.3.